The molecular weight excluding hydrogens is 815 g/mol. The van der Waals surface area contributed by atoms with Crippen molar-refractivity contribution in [3.05, 3.63) is 83.6 Å². The summed E-state index contributed by atoms with van der Waals surface area (Å²) in [5.74, 6) is 1.07. The fourth-order valence-electron chi connectivity index (χ4n) is 6.43. The molecule has 49 heavy (non-hydrogen) atoms. The molecule has 0 fully saturated rings. The molecule has 0 aliphatic heterocycles. The molecule has 5 rings (SSSR count). The van der Waals surface area contributed by atoms with E-state index in [1.807, 2.05) is 46.0 Å². The first kappa shape index (κ1) is 40.8. The Hall–Kier alpha value is -2.63. The van der Waals surface area contributed by atoms with Gasteiger partial charge in [-0.2, -0.15) is 11.3 Å². The van der Waals surface area contributed by atoms with E-state index >= 15 is 0 Å². The third-order valence-corrected chi connectivity index (χ3v) is 13.2. The third kappa shape index (κ3) is 9.38. The zero-order valence-corrected chi connectivity index (χ0v) is 35.7. The molecule has 0 bridgehead atoms. The van der Waals surface area contributed by atoms with Gasteiger partial charge in [-0.1, -0.05) is 122 Å². The van der Waals surface area contributed by atoms with Gasteiger partial charge in [0.25, 0.3) is 0 Å². The van der Waals surface area contributed by atoms with Crippen molar-refractivity contribution in [3.63, 3.8) is 0 Å². The van der Waals surface area contributed by atoms with Gasteiger partial charge in [-0.3, -0.25) is 9.78 Å². The van der Waals surface area contributed by atoms with Gasteiger partial charge in [0.05, 0.1) is 19.3 Å². The van der Waals surface area contributed by atoms with Crippen molar-refractivity contribution in [1.82, 2.24) is 4.98 Å². The van der Waals surface area contributed by atoms with E-state index in [1.165, 1.54) is 47.9 Å². The summed E-state index contributed by atoms with van der Waals surface area (Å²) in [6, 6.07) is 24.0. The van der Waals surface area contributed by atoms with Crippen molar-refractivity contribution in [2.45, 2.75) is 107 Å². The second-order valence-electron chi connectivity index (χ2n) is 15.1. The molecule has 5 aromatic rings. The van der Waals surface area contributed by atoms with E-state index in [4.69, 9.17) is 4.98 Å². The number of allylic oxidation sites excluding steroid dienone is 2. The molecule has 0 unspecified atom stereocenters. The van der Waals surface area contributed by atoms with E-state index < -0.39 is 8.07 Å². The van der Waals surface area contributed by atoms with Crippen LogP contribution in [0.15, 0.2) is 66.4 Å². The average Bonchev–Trinajstić information content (AvgIpc) is 3.41. The van der Waals surface area contributed by atoms with Crippen molar-refractivity contribution >= 4 is 61.5 Å². The Morgan fingerprint density at radius 2 is 1.61 bits per heavy atom. The van der Waals surface area contributed by atoms with Gasteiger partial charge in [-0.05, 0) is 76.9 Å². The summed E-state index contributed by atoms with van der Waals surface area (Å²) in [7, 11) is -1.57. The molecule has 0 saturated carbocycles. The molecule has 2 aromatic heterocycles. The van der Waals surface area contributed by atoms with Crippen LogP contribution in [0.3, 0.4) is 0 Å². The molecule has 3 aromatic carbocycles. The summed E-state index contributed by atoms with van der Waals surface area (Å²) in [5, 5.41) is 15.3. The van der Waals surface area contributed by atoms with E-state index in [1.54, 1.807) is 0 Å². The fraction of sp³-hybridized carbons (Fsp3) is 0.442. The minimum atomic E-state index is -1.57. The summed E-state index contributed by atoms with van der Waals surface area (Å²) in [6.07, 6.45) is 5.91. The predicted molar refractivity (Wildman–Crippen MR) is 214 cm³/mol. The van der Waals surface area contributed by atoms with Crippen molar-refractivity contribution in [1.29, 1.82) is 0 Å². The van der Waals surface area contributed by atoms with Crippen LogP contribution in [0.25, 0.3) is 42.3 Å². The number of rotatable bonds is 11. The molecule has 0 aliphatic carbocycles. The van der Waals surface area contributed by atoms with Crippen LogP contribution in [0.5, 0.6) is 0 Å². The molecule has 1 N–H and O–H groups in total. The zero-order valence-electron chi connectivity index (χ0n) is 31.5. The molecule has 0 spiro atoms. The maximum Gasteiger partial charge on any atom is 0.164 e. The van der Waals surface area contributed by atoms with Gasteiger partial charge < -0.3 is 5.11 Å². The Balaban J connectivity index is 0.000000328. The minimum absolute atomic E-state index is 0. The van der Waals surface area contributed by atoms with Gasteiger partial charge in [-0.25, -0.2) is 0 Å². The first-order valence-electron chi connectivity index (χ1n) is 17.9. The Morgan fingerprint density at radius 3 is 2.20 bits per heavy atom. The van der Waals surface area contributed by atoms with Crippen molar-refractivity contribution < 1.29 is 30.0 Å². The maximum atomic E-state index is 12.0. The number of thiophene rings is 1. The van der Waals surface area contributed by atoms with Crippen LogP contribution in [0.4, 0.5) is 0 Å². The normalized spacial score (nSPS) is 12.5. The quantitative estimate of drug-likeness (QED) is 0.0623. The molecule has 6 heteroatoms. The fourth-order valence-corrected chi connectivity index (χ4v) is 9.21. The summed E-state index contributed by atoms with van der Waals surface area (Å²) in [6.45, 7) is 24.1. The number of hydrogen-bond donors (Lipinski definition) is 1. The molecule has 0 atom stereocenters. The molecule has 2 heterocycles. The Labute approximate surface area is 314 Å². The molecule has 0 saturated heterocycles. The number of pyridine rings is 1. The van der Waals surface area contributed by atoms with E-state index in [9.17, 15) is 9.90 Å². The Morgan fingerprint density at radius 1 is 0.959 bits per heavy atom. The van der Waals surface area contributed by atoms with Crippen molar-refractivity contribution in [3.8, 4) is 11.3 Å². The number of benzene rings is 3. The second-order valence-corrected chi connectivity index (χ2v) is 21.2. The van der Waals surface area contributed by atoms with E-state index in [2.05, 4.69) is 101 Å². The van der Waals surface area contributed by atoms with E-state index in [-0.39, 0.29) is 43.0 Å². The number of carbonyl (C=O) groups is 1. The number of carbonyl (C=O) groups excluding carboxylic acids is 1. The Bertz CT molecular complexity index is 1930. The molecule has 3 nitrogen and oxygen atoms in total. The molecular formula is C43H56IrNO2SSi-. The molecule has 0 amide bonds. The summed E-state index contributed by atoms with van der Waals surface area (Å²) in [4.78, 5) is 17.3. The van der Waals surface area contributed by atoms with Crippen LogP contribution in [0.1, 0.15) is 85.3 Å². The smallest absolute Gasteiger partial charge is 0.164 e. The van der Waals surface area contributed by atoms with E-state index in [0.29, 0.717) is 5.92 Å². The van der Waals surface area contributed by atoms with Crippen LogP contribution in [0, 0.1) is 30.2 Å². The number of hydrogen-bond acceptors (Lipinski definition) is 4. The standard InChI is InChI=1S/C29H30NSSi.C14H26O2.Ir/c1-18(2)13-20-11-12-22-25(16-20)30-26(17-28(22)32(4,5)6)24-15-19(3)14-23-21-9-7-8-10-27(21)31-29(23)24;1-6-11(7-2)12(15)10-13(16)14(5,8-3)9-4;/h7-12,14,16-18H,13H2,1-6H3;10-11,15H,6-9H2,1-5H3;/q-1;;/b;12-10-;. The predicted octanol–water partition coefficient (Wildman–Crippen LogP) is 12.4. The van der Waals surface area contributed by atoms with Crippen LogP contribution in [-0.2, 0) is 31.3 Å². The third-order valence-electron chi connectivity index (χ3n) is 9.96. The van der Waals surface area contributed by atoms with Gasteiger partial charge in [0.2, 0.25) is 0 Å². The van der Waals surface area contributed by atoms with Gasteiger partial charge in [-0.15, -0.1) is 23.3 Å². The van der Waals surface area contributed by atoms with Crippen LogP contribution in [-0.4, -0.2) is 23.9 Å². The minimum Gasteiger partial charge on any atom is -0.512 e. The summed E-state index contributed by atoms with van der Waals surface area (Å²) < 4.78 is 2.62. The SMILES string of the molecule is CCC(CC)/C(O)=C/C(=O)C(C)(CC)CC.Cc1[c-]c(-c2cc([Si](C)(C)C)c3ccc(CC(C)C)cc3n2)c2sc3ccccc3c2c1.[Ir]. The Kier molecular flexibility index (Phi) is 14.2. The first-order chi connectivity index (χ1) is 22.6. The average molecular weight is 871 g/mol. The van der Waals surface area contributed by atoms with Gasteiger partial charge >= 0.3 is 0 Å². The van der Waals surface area contributed by atoms with Gasteiger partial charge in [0.1, 0.15) is 0 Å². The number of fused-ring (bicyclic) bond motifs is 4. The maximum absolute atomic E-state index is 12.0. The monoisotopic (exact) mass is 871 g/mol. The van der Waals surface area contributed by atoms with Crippen LogP contribution < -0.4 is 5.19 Å². The number of nitrogens with zero attached hydrogens (tertiary/aromatic N) is 1. The number of aliphatic hydroxyl groups excluding tert-OH is 1. The molecule has 265 valence electrons. The number of ketones is 1. The summed E-state index contributed by atoms with van der Waals surface area (Å²) in [5.41, 5.74) is 5.57. The largest absolute Gasteiger partial charge is 0.512 e. The number of aryl methyl sites for hydroxylation is 1. The topological polar surface area (TPSA) is 50.2 Å². The molecule has 1 radical (unpaired) electrons. The summed E-state index contributed by atoms with van der Waals surface area (Å²) >= 11 is 1.86. The first-order valence-corrected chi connectivity index (χ1v) is 22.2. The zero-order chi connectivity index (χ0) is 35.4. The van der Waals surface area contributed by atoms with Gasteiger partial charge in [0, 0.05) is 42.2 Å². The van der Waals surface area contributed by atoms with Crippen molar-refractivity contribution in [2.75, 3.05) is 0 Å². The van der Waals surface area contributed by atoms with Crippen molar-refractivity contribution in [2.24, 2.45) is 17.3 Å². The molecule has 0 aliphatic rings. The van der Waals surface area contributed by atoms with Crippen LogP contribution >= 0.6 is 11.3 Å². The number of aliphatic hydroxyl groups is 1. The van der Waals surface area contributed by atoms with Crippen LogP contribution in [0.2, 0.25) is 19.6 Å². The number of aromatic nitrogens is 1. The van der Waals surface area contributed by atoms with E-state index in [0.717, 1.165) is 48.9 Å². The second kappa shape index (κ2) is 17.1. The van der Waals surface area contributed by atoms with Gasteiger partial charge in [0.15, 0.2) is 5.78 Å².